The highest BCUT2D eigenvalue weighted by Gasteiger charge is 2.35. The molecule has 0 amide bonds. The summed E-state index contributed by atoms with van der Waals surface area (Å²) in [7, 11) is -2.98. The second kappa shape index (κ2) is 6.76. The van der Waals surface area contributed by atoms with Gasteiger partial charge in [-0.1, -0.05) is 24.2 Å². The van der Waals surface area contributed by atoms with Crippen molar-refractivity contribution in [3.63, 3.8) is 0 Å². The zero-order valence-corrected chi connectivity index (χ0v) is 15.1. The van der Waals surface area contributed by atoms with Crippen molar-refractivity contribution in [1.82, 2.24) is 5.16 Å². The number of aromatic nitrogens is 1. The molecule has 1 heterocycles. The van der Waals surface area contributed by atoms with E-state index in [-0.39, 0.29) is 16.2 Å². The summed E-state index contributed by atoms with van der Waals surface area (Å²) in [5.41, 5.74) is -0.512. The number of nitrogens with zero attached hydrogens (tertiary/aromatic N) is 1. The quantitative estimate of drug-likeness (QED) is 0.694. The number of ether oxygens (including phenoxy) is 1. The molecule has 6 nitrogen and oxygen atoms in total. The molecular weight excluding hydrogens is 385 g/mol. The molecule has 3 rings (SSSR count). The van der Waals surface area contributed by atoms with Gasteiger partial charge in [0.2, 0.25) is 0 Å². The Labute approximate surface area is 153 Å². The minimum absolute atomic E-state index is 0.0588. The molecule has 0 saturated heterocycles. The average Bonchev–Trinajstić information content (AvgIpc) is 3.02. The van der Waals surface area contributed by atoms with Crippen LogP contribution in [0.3, 0.4) is 0 Å². The largest absolute Gasteiger partial charge is 0.495 e. The highest BCUT2D eigenvalue weighted by Crippen LogP contribution is 2.39. The molecule has 10 heteroatoms. The molecule has 0 radical (unpaired) electrons. The van der Waals surface area contributed by atoms with Crippen molar-refractivity contribution in [2.24, 2.45) is 0 Å². The highest BCUT2D eigenvalue weighted by atomic mass is 32.2. The number of aryl methyl sites for hydroxylation is 1. The Kier molecular flexibility index (Phi) is 4.77. The Morgan fingerprint density at radius 2 is 1.96 bits per heavy atom. The molecule has 0 saturated carbocycles. The standard InChI is InChI=1S/C17H15F3N2O4S/c1-3-10-7-8-12(25-2)14(9-10)27(23,24)22-16-15-11(17(18,19)20)5-4-6-13(15)26-21-16/h4-9H,3H2,1-2H3,(H,21,22). The second-order valence-corrected chi connectivity index (χ2v) is 7.30. The second-order valence-electron chi connectivity index (χ2n) is 5.65. The molecule has 0 bridgehead atoms. The number of methoxy groups -OCH3 is 1. The summed E-state index contributed by atoms with van der Waals surface area (Å²) in [6.45, 7) is 1.84. The van der Waals surface area contributed by atoms with Crippen LogP contribution in [-0.4, -0.2) is 20.7 Å². The topological polar surface area (TPSA) is 81.4 Å². The number of anilines is 1. The Morgan fingerprint density at radius 1 is 1.22 bits per heavy atom. The van der Waals surface area contributed by atoms with Crippen LogP contribution < -0.4 is 9.46 Å². The summed E-state index contributed by atoms with van der Waals surface area (Å²) in [6, 6.07) is 7.83. The van der Waals surface area contributed by atoms with Crippen LogP contribution >= 0.6 is 0 Å². The number of hydrogen-bond donors (Lipinski definition) is 1. The van der Waals surface area contributed by atoms with E-state index < -0.39 is 33.0 Å². The fourth-order valence-corrected chi connectivity index (χ4v) is 3.86. The van der Waals surface area contributed by atoms with Crippen LogP contribution in [0.2, 0.25) is 0 Å². The van der Waals surface area contributed by atoms with Crippen LogP contribution in [0.25, 0.3) is 11.0 Å². The Morgan fingerprint density at radius 3 is 2.59 bits per heavy atom. The Bertz CT molecular complexity index is 1090. The average molecular weight is 400 g/mol. The molecule has 0 aliphatic heterocycles. The molecule has 0 unspecified atom stereocenters. The van der Waals surface area contributed by atoms with Crippen molar-refractivity contribution in [2.75, 3.05) is 11.8 Å². The molecule has 1 N–H and O–H groups in total. The molecule has 0 fully saturated rings. The van der Waals surface area contributed by atoms with E-state index in [1.165, 1.54) is 25.3 Å². The fraction of sp³-hybridized carbons (Fsp3) is 0.235. The van der Waals surface area contributed by atoms with E-state index in [0.717, 1.165) is 17.7 Å². The lowest BCUT2D eigenvalue weighted by Gasteiger charge is -2.12. The number of sulfonamides is 1. The molecule has 0 spiro atoms. The van der Waals surface area contributed by atoms with Crippen LogP contribution in [0.1, 0.15) is 18.1 Å². The van der Waals surface area contributed by atoms with Crippen LogP contribution in [0.4, 0.5) is 19.0 Å². The van der Waals surface area contributed by atoms with Crippen LogP contribution in [0.5, 0.6) is 5.75 Å². The van der Waals surface area contributed by atoms with Crippen molar-refractivity contribution in [2.45, 2.75) is 24.4 Å². The van der Waals surface area contributed by atoms with Gasteiger partial charge >= 0.3 is 6.18 Å². The lowest BCUT2D eigenvalue weighted by atomic mass is 10.1. The summed E-state index contributed by atoms with van der Waals surface area (Å²) in [5.74, 6) is -0.481. The highest BCUT2D eigenvalue weighted by molar-refractivity contribution is 7.92. The van der Waals surface area contributed by atoms with E-state index in [1.54, 1.807) is 6.07 Å². The molecule has 0 aliphatic rings. The van der Waals surface area contributed by atoms with E-state index in [4.69, 9.17) is 9.26 Å². The van der Waals surface area contributed by atoms with Crippen molar-refractivity contribution in [1.29, 1.82) is 0 Å². The van der Waals surface area contributed by atoms with Gasteiger partial charge in [0.05, 0.1) is 18.1 Å². The van der Waals surface area contributed by atoms with Crippen LogP contribution in [0.15, 0.2) is 45.8 Å². The first-order chi connectivity index (χ1) is 12.7. The van der Waals surface area contributed by atoms with Crippen molar-refractivity contribution >= 4 is 26.8 Å². The van der Waals surface area contributed by atoms with Gasteiger partial charge in [-0.05, 0) is 36.2 Å². The number of rotatable bonds is 5. The molecule has 3 aromatic rings. The maximum atomic E-state index is 13.3. The molecule has 0 aliphatic carbocycles. The Hall–Kier alpha value is -2.75. The third kappa shape index (κ3) is 3.57. The molecule has 1 aromatic heterocycles. The summed E-state index contributed by atoms with van der Waals surface area (Å²) >= 11 is 0. The first-order valence-corrected chi connectivity index (χ1v) is 9.31. The van der Waals surface area contributed by atoms with Crippen LogP contribution in [0, 0.1) is 0 Å². The fourth-order valence-electron chi connectivity index (χ4n) is 2.63. The lowest BCUT2D eigenvalue weighted by molar-refractivity contribution is -0.136. The normalized spacial score (nSPS) is 12.3. The van der Waals surface area contributed by atoms with Gasteiger partial charge < -0.3 is 9.26 Å². The zero-order valence-electron chi connectivity index (χ0n) is 14.3. The van der Waals surface area contributed by atoms with Crippen molar-refractivity contribution in [3.8, 4) is 5.75 Å². The first-order valence-electron chi connectivity index (χ1n) is 7.82. The Balaban J connectivity index is 2.13. The predicted molar refractivity (Wildman–Crippen MR) is 92.2 cm³/mol. The maximum Gasteiger partial charge on any atom is 0.417 e. The number of benzene rings is 2. The lowest BCUT2D eigenvalue weighted by Crippen LogP contribution is -2.15. The summed E-state index contributed by atoms with van der Waals surface area (Å²) in [6.07, 6.45) is -4.14. The number of halogens is 3. The van der Waals surface area contributed by atoms with Gasteiger partial charge in [-0.3, -0.25) is 4.72 Å². The molecular formula is C17H15F3N2O4S. The van der Waals surface area contributed by atoms with Gasteiger partial charge in [-0.2, -0.15) is 13.2 Å². The van der Waals surface area contributed by atoms with Gasteiger partial charge in [0.15, 0.2) is 11.4 Å². The van der Waals surface area contributed by atoms with E-state index >= 15 is 0 Å². The van der Waals surface area contributed by atoms with E-state index in [1.807, 2.05) is 6.92 Å². The number of nitrogens with one attached hydrogen (secondary N) is 1. The van der Waals surface area contributed by atoms with Gasteiger partial charge in [-0.25, -0.2) is 8.42 Å². The SMILES string of the molecule is CCc1ccc(OC)c(S(=O)(=O)Nc2noc3cccc(C(F)(F)F)c23)c1. The smallest absolute Gasteiger partial charge is 0.417 e. The number of alkyl halides is 3. The van der Waals surface area contributed by atoms with Gasteiger partial charge in [0.25, 0.3) is 10.0 Å². The predicted octanol–water partition coefficient (Wildman–Crippen LogP) is 4.22. The first kappa shape index (κ1) is 19.0. The zero-order chi connectivity index (χ0) is 19.8. The monoisotopic (exact) mass is 400 g/mol. The minimum Gasteiger partial charge on any atom is -0.495 e. The minimum atomic E-state index is -4.70. The number of fused-ring (bicyclic) bond motifs is 1. The third-order valence-corrected chi connectivity index (χ3v) is 5.32. The van der Waals surface area contributed by atoms with E-state index in [0.29, 0.717) is 6.42 Å². The van der Waals surface area contributed by atoms with Gasteiger partial charge in [-0.15, -0.1) is 0 Å². The summed E-state index contributed by atoms with van der Waals surface area (Å²) in [5, 5.41) is 3.01. The molecule has 144 valence electrons. The molecule has 2 aromatic carbocycles. The number of hydrogen-bond acceptors (Lipinski definition) is 5. The van der Waals surface area contributed by atoms with Gasteiger partial charge in [0, 0.05) is 0 Å². The van der Waals surface area contributed by atoms with E-state index in [2.05, 4.69) is 9.88 Å². The maximum absolute atomic E-state index is 13.3. The van der Waals surface area contributed by atoms with E-state index in [9.17, 15) is 21.6 Å². The summed E-state index contributed by atoms with van der Waals surface area (Å²) < 4.78 is 77.5. The molecule has 27 heavy (non-hydrogen) atoms. The molecule has 0 atom stereocenters. The summed E-state index contributed by atoms with van der Waals surface area (Å²) in [4.78, 5) is -0.204. The van der Waals surface area contributed by atoms with Crippen LogP contribution in [-0.2, 0) is 22.6 Å². The van der Waals surface area contributed by atoms with Crippen molar-refractivity contribution < 1.29 is 30.8 Å². The van der Waals surface area contributed by atoms with Gasteiger partial charge in [0.1, 0.15) is 10.6 Å². The third-order valence-electron chi connectivity index (χ3n) is 3.96. The van der Waals surface area contributed by atoms with Crippen molar-refractivity contribution in [3.05, 3.63) is 47.5 Å².